The average Bonchev–Trinajstić information content (AvgIpc) is 2.48. The Kier molecular flexibility index (Phi) is 1.90. The van der Waals surface area contributed by atoms with Crippen LogP contribution in [-0.4, -0.2) is 9.30 Å². The number of aromatic nitrogens is 1. The number of halogens is 1. The molecule has 0 N–H and O–H groups in total. The zero-order chi connectivity index (χ0) is 9.42. The molecule has 2 rings (SSSR count). The number of nitro groups is 1. The highest BCUT2D eigenvalue weighted by Crippen LogP contribution is 2.33. The maximum atomic E-state index is 10.6. The van der Waals surface area contributed by atoms with Crippen LogP contribution in [0.25, 0.3) is 10.1 Å². The molecule has 1 heterocycles. The van der Waals surface area contributed by atoms with Crippen molar-refractivity contribution in [2.24, 2.45) is 0 Å². The third-order valence-electron chi connectivity index (χ3n) is 1.63. The van der Waals surface area contributed by atoms with Gasteiger partial charge in [-0.2, -0.15) is 4.37 Å². The molecule has 66 valence electrons. The normalized spacial score (nSPS) is 10.5. The second kappa shape index (κ2) is 2.93. The first-order valence-corrected chi connectivity index (χ1v) is 4.53. The summed E-state index contributed by atoms with van der Waals surface area (Å²) < 4.78 is 4.58. The van der Waals surface area contributed by atoms with Crippen molar-refractivity contribution in [3.8, 4) is 0 Å². The lowest BCUT2D eigenvalue weighted by Gasteiger charge is -1.91. The zero-order valence-corrected chi connectivity index (χ0v) is 7.80. The lowest BCUT2D eigenvalue weighted by atomic mass is 10.2. The van der Waals surface area contributed by atoms with Crippen molar-refractivity contribution in [2.75, 3.05) is 0 Å². The SMILES string of the molecule is O=[N+]([O-])c1cccc2snc(Cl)c12. The van der Waals surface area contributed by atoms with Gasteiger partial charge in [0.05, 0.1) is 9.62 Å². The second-order valence-electron chi connectivity index (χ2n) is 2.38. The van der Waals surface area contributed by atoms with E-state index in [0.717, 1.165) is 16.2 Å². The van der Waals surface area contributed by atoms with Gasteiger partial charge in [0.1, 0.15) is 5.39 Å². The molecule has 0 fully saturated rings. The lowest BCUT2D eigenvalue weighted by Crippen LogP contribution is -1.87. The van der Waals surface area contributed by atoms with Gasteiger partial charge in [0.15, 0.2) is 5.15 Å². The van der Waals surface area contributed by atoms with E-state index in [0.29, 0.717) is 5.39 Å². The highest BCUT2D eigenvalue weighted by atomic mass is 35.5. The Hall–Kier alpha value is -1.20. The molecule has 6 heteroatoms. The van der Waals surface area contributed by atoms with Crippen molar-refractivity contribution in [1.29, 1.82) is 0 Å². The molecule has 13 heavy (non-hydrogen) atoms. The maximum Gasteiger partial charge on any atom is 0.281 e. The van der Waals surface area contributed by atoms with Crippen LogP contribution in [0.3, 0.4) is 0 Å². The van der Waals surface area contributed by atoms with Crippen LogP contribution >= 0.6 is 23.1 Å². The third kappa shape index (κ3) is 1.26. The number of fused-ring (bicyclic) bond motifs is 1. The Labute approximate surface area is 82.1 Å². The topological polar surface area (TPSA) is 56.0 Å². The van der Waals surface area contributed by atoms with Gasteiger partial charge in [-0.15, -0.1) is 0 Å². The number of nitro benzene ring substituents is 1. The first kappa shape index (κ1) is 8.40. The van der Waals surface area contributed by atoms with Crippen LogP contribution in [0.15, 0.2) is 18.2 Å². The standard InChI is InChI=1S/C7H3ClN2O2S/c8-7-6-4(10(11)12)2-1-3-5(6)13-9-7/h1-3H. The summed E-state index contributed by atoms with van der Waals surface area (Å²) in [6.07, 6.45) is 0. The predicted molar refractivity (Wildman–Crippen MR) is 51.3 cm³/mol. The molecule has 0 spiro atoms. The van der Waals surface area contributed by atoms with Gasteiger partial charge in [-0.25, -0.2) is 0 Å². The van der Waals surface area contributed by atoms with Crippen molar-refractivity contribution >= 4 is 38.9 Å². The summed E-state index contributed by atoms with van der Waals surface area (Å²) in [7, 11) is 0. The number of nitrogens with zero attached hydrogens (tertiary/aromatic N) is 2. The van der Waals surface area contributed by atoms with Crippen LogP contribution < -0.4 is 0 Å². The minimum absolute atomic E-state index is 0.0104. The molecule has 0 unspecified atom stereocenters. The van der Waals surface area contributed by atoms with Crippen LogP contribution in [0.5, 0.6) is 0 Å². The number of benzene rings is 1. The van der Waals surface area contributed by atoms with Crippen molar-refractivity contribution in [3.63, 3.8) is 0 Å². The Balaban J connectivity index is 2.88. The molecule has 0 aliphatic heterocycles. The quantitative estimate of drug-likeness (QED) is 0.542. The molecule has 0 radical (unpaired) electrons. The number of hydrogen-bond donors (Lipinski definition) is 0. The van der Waals surface area contributed by atoms with Gasteiger partial charge in [-0.05, 0) is 17.6 Å². The fourth-order valence-electron chi connectivity index (χ4n) is 1.09. The van der Waals surface area contributed by atoms with Crippen molar-refractivity contribution in [1.82, 2.24) is 4.37 Å². The number of rotatable bonds is 1. The fraction of sp³-hybridized carbons (Fsp3) is 0. The van der Waals surface area contributed by atoms with Gasteiger partial charge in [-0.3, -0.25) is 10.1 Å². The van der Waals surface area contributed by atoms with E-state index in [1.807, 2.05) is 0 Å². The Morgan fingerprint density at radius 1 is 1.54 bits per heavy atom. The molecule has 1 aromatic carbocycles. The summed E-state index contributed by atoms with van der Waals surface area (Å²) in [5.74, 6) is 0. The minimum atomic E-state index is -0.456. The van der Waals surface area contributed by atoms with Crippen molar-refractivity contribution in [3.05, 3.63) is 33.5 Å². The third-order valence-corrected chi connectivity index (χ3v) is 2.82. The van der Waals surface area contributed by atoms with Crippen LogP contribution in [0.1, 0.15) is 0 Å². The molecule has 0 saturated heterocycles. The molecule has 2 aromatic rings. The summed E-state index contributed by atoms with van der Waals surface area (Å²) >= 11 is 6.88. The van der Waals surface area contributed by atoms with Crippen LogP contribution in [0, 0.1) is 10.1 Å². The zero-order valence-electron chi connectivity index (χ0n) is 6.23. The van der Waals surface area contributed by atoms with Gasteiger partial charge >= 0.3 is 0 Å². The van der Waals surface area contributed by atoms with E-state index >= 15 is 0 Å². The highest BCUT2D eigenvalue weighted by molar-refractivity contribution is 7.13. The van der Waals surface area contributed by atoms with Gasteiger partial charge in [0, 0.05) is 6.07 Å². The van der Waals surface area contributed by atoms with Crippen molar-refractivity contribution in [2.45, 2.75) is 0 Å². The van der Waals surface area contributed by atoms with E-state index < -0.39 is 4.92 Å². The van der Waals surface area contributed by atoms with E-state index in [-0.39, 0.29) is 10.8 Å². The molecular formula is C7H3ClN2O2S. The fourth-order valence-corrected chi connectivity index (χ4v) is 2.15. The molecule has 0 saturated carbocycles. The number of hydrogen-bond acceptors (Lipinski definition) is 4. The average molecular weight is 215 g/mol. The first-order chi connectivity index (χ1) is 6.20. The van der Waals surface area contributed by atoms with E-state index in [9.17, 15) is 10.1 Å². The minimum Gasteiger partial charge on any atom is -0.258 e. The molecule has 4 nitrogen and oxygen atoms in total. The summed E-state index contributed by atoms with van der Waals surface area (Å²) in [4.78, 5) is 10.1. The maximum absolute atomic E-state index is 10.6. The highest BCUT2D eigenvalue weighted by Gasteiger charge is 2.16. The smallest absolute Gasteiger partial charge is 0.258 e. The summed E-state index contributed by atoms with van der Waals surface area (Å²) in [5.41, 5.74) is 0.0104. The largest absolute Gasteiger partial charge is 0.281 e. The van der Waals surface area contributed by atoms with Gasteiger partial charge in [0.25, 0.3) is 5.69 Å². The molecule has 0 bridgehead atoms. The number of non-ortho nitro benzene ring substituents is 1. The predicted octanol–water partition coefficient (Wildman–Crippen LogP) is 2.86. The summed E-state index contributed by atoms with van der Waals surface area (Å²) in [6, 6.07) is 4.80. The Morgan fingerprint density at radius 3 is 3.00 bits per heavy atom. The molecule has 0 aliphatic carbocycles. The van der Waals surface area contributed by atoms with E-state index in [2.05, 4.69) is 4.37 Å². The molecular weight excluding hydrogens is 212 g/mol. The Bertz CT molecular complexity index is 482. The van der Waals surface area contributed by atoms with E-state index in [1.54, 1.807) is 12.1 Å². The molecule has 1 aromatic heterocycles. The summed E-state index contributed by atoms with van der Waals surface area (Å²) in [6.45, 7) is 0. The van der Waals surface area contributed by atoms with Gasteiger partial charge in [-0.1, -0.05) is 17.7 Å². The monoisotopic (exact) mass is 214 g/mol. The first-order valence-electron chi connectivity index (χ1n) is 3.38. The van der Waals surface area contributed by atoms with E-state index in [4.69, 9.17) is 11.6 Å². The molecule has 0 amide bonds. The van der Waals surface area contributed by atoms with E-state index in [1.165, 1.54) is 6.07 Å². The van der Waals surface area contributed by atoms with Crippen molar-refractivity contribution < 1.29 is 4.92 Å². The van der Waals surface area contributed by atoms with Crippen LogP contribution in [0.4, 0.5) is 5.69 Å². The lowest BCUT2D eigenvalue weighted by molar-refractivity contribution is -0.383. The Morgan fingerprint density at radius 2 is 2.31 bits per heavy atom. The summed E-state index contributed by atoms with van der Waals surface area (Å²) in [5, 5.41) is 11.2. The van der Waals surface area contributed by atoms with Gasteiger partial charge in [0.2, 0.25) is 0 Å². The van der Waals surface area contributed by atoms with Crippen LogP contribution in [-0.2, 0) is 0 Å². The molecule has 0 atom stereocenters. The second-order valence-corrected chi connectivity index (χ2v) is 3.54. The van der Waals surface area contributed by atoms with Crippen LogP contribution in [0.2, 0.25) is 5.15 Å². The van der Waals surface area contributed by atoms with Gasteiger partial charge < -0.3 is 0 Å². The molecule has 0 aliphatic rings.